The van der Waals surface area contributed by atoms with Gasteiger partial charge in [0.05, 0.1) is 13.2 Å². The summed E-state index contributed by atoms with van der Waals surface area (Å²) in [5.41, 5.74) is 6.49. The summed E-state index contributed by atoms with van der Waals surface area (Å²) in [6.45, 7) is 2.57. The van der Waals surface area contributed by atoms with E-state index in [9.17, 15) is 9.90 Å². The van der Waals surface area contributed by atoms with Gasteiger partial charge in [0.2, 0.25) is 5.91 Å². The molecular weight excluding hydrogens is 232 g/mol. The van der Waals surface area contributed by atoms with Crippen LogP contribution in [0.3, 0.4) is 0 Å². The van der Waals surface area contributed by atoms with Crippen molar-refractivity contribution in [1.29, 1.82) is 0 Å². The molecule has 0 spiro atoms. The smallest absolute Gasteiger partial charge is 0.248 e. The molecule has 4 N–H and O–H groups in total. The first kappa shape index (κ1) is 14.2. The largest absolute Gasteiger partial charge is 0.494 e. The van der Waals surface area contributed by atoms with E-state index in [1.807, 2.05) is 6.92 Å². The van der Waals surface area contributed by atoms with Crippen LogP contribution in [0.5, 0.6) is 5.75 Å². The van der Waals surface area contributed by atoms with E-state index in [-0.39, 0.29) is 12.5 Å². The van der Waals surface area contributed by atoms with E-state index in [2.05, 4.69) is 5.32 Å². The maximum atomic E-state index is 11.4. The predicted octanol–water partition coefficient (Wildman–Crippen LogP) is 1.03. The lowest BCUT2D eigenvalue weighted by Gasteiger charge is -2.10. The zero-order chi connectivity index (χ0) is 13.4. The second-order valence-corrected chi connectivity index (χ2v) is 3.54. The van der Waals surface area contributed by atoms with Crippen LogP contribution in [0.1, 0.15) is 12.5 Å². The van der Waals surface area contributed by atoms with Gasteiger partial charge in [0.15, 0.2) is 0 Å². The van der Waals surface area contributed by atoms with Gasteiger partial charge in [-0.3, -0.25) is 4.79 Å². The van der Waals surface area contributed by atoms with Crippen LogP contribution >= 0.6 is 0 Å². The molecule has 0 aliphatic heterocycles. The number of carbonyl (C=O) groups is 1. The van der Waals surface area contributed by atoms with Crippen molar-refractivity contribution >= 4 is 11.6 Å². The number of nitrogens with two attached hydrogens (primary N) is 1. The third-order valence-electron chi connectivity index (χ3n) is 2.20. The fourth-order valence-electron chi connectivity index (χ4n) is 1.44. The number of anilines is 1. The summed E-state index contributed by atoms with van der Waals surface area (Å²) in [5.74, 6) is 0.365. The van der Waals surface area contributed by atoms with Gasteiger partial charge in [0, 0.05) is 23.9 Å². The number of rotatable bonds is 6. The lowest BCUT2D eigenvalue weighted by atomic mass is 10.2. The maximum absolute atomic E-state index is 11.4. The van der Waals surface area contributed by atoms with Gasteiger partial charge in [-0.15, -0.1) is 0 Å². The minimum absolute atomic E-state index is 0.141. The van der Waals surface area contributed by atoms with Crippen LogP contribution in [0.2, 0.25) is 0 Å². The van der Waals surface area contributed by atoms with Gasteiger partial charge >= 0.3 is 0 Å². The molecule has 0 atom stereocenters. The van der Waals surface area contributed by atoms with Crippen LogP contribution in [-0.4, -0.2) is 24.2 Å². The number of aliphatic hydroxyl groups excluding tert-OH is 1. The summed E-state index contributed by atoms with van der Waals surface area (Å²) in [4.78, 5) is 11.4. The number of benzene rings is 1. The maximum Gasteiger partial charge on any atom is 0.248 e. The first-order valence-corrected chi connectivity index (χ1v) is 5.75. The number of carbonyl (C=O) groups excluding carboxylic acids is 1. The second kappa shape index (κ2) is 7.47. The third kappa shape index (κ3) is 4.20. The summed E-state index contributed by atoms with van der Waals surface area (Å²) in [7, 11) is 0. The van der Waals surface area contributed by atoms with Crippen LogP contribution in [0.25, 0.3) is 0 Å². The molecule has 5 heteroatoms. The molecule has 1 aromatic rings. The molecule has 0 unspecified atom stereocenters. The molecule has 0 saturated carbocycles. The highest BCUT2D eigenvalue weighted by Crippen LogP contribution is 2.23. The lowest BCUT2D eigenvalue weighted by Crippen LogP contribution is -2.09. The van der Waals surface area contributed by atoms with Crippen molar-refractivity contribution in [2.45, 2.75) is 13.5 Å². The molecule has 0 saturated heterocycles. The van der Waals surface area contributed by atoms with Gasteiger partial charge in [-0.2, -0.15) is 0 Å². The highest BCUT2D eigenvalue weighted by atomic mass is 16.5. The monoisotopic (exact) mass is 250 g/mol. The van der Waals surface area contributed by atoms with Gasteiger partial charge in [0.25, 0.3) is 0 Å². The molecule has 0 aliphatic rings. The predicted molar refractivity (Wildman–Crippen MR) is 70.4 cm³/mol. The standard InChI is InChI=1S/C13H18N2O3/c1-2-18-12-6-5-11(8-10(12)9-16)15-13(17)4-3-7-14/h3-6,8,16H,2,7,9,14H2,1H3,(H,15,17)/b4-3+. The number of hydrogen-bond donors (Lipinski definition) is 3. The molecule has 5 nitrogen and oxygen atoms in total. The Morgan fingerprint density at radius 2 is 2.33 bits per heavy atom. The SMILES string of the molecule is CCOc1ccc(NC(=O)/C=C/CN)cc1CO. The van der Waals surface area contributed by atoms with Gasteiger partial charge in [-0.1, -0.05) is 6.08 Å². The number of amides is 1. The highest BCUT2D eigenvalue weighted by Gasteiger charge is 2.05. The van der Waals surface area contributed by atoms with Crippen LogP contribution in [0.15, 0.2) is 30.4 Å². The number of nitrogens with one attached hydrogen (secondary N) is 1. The molecule has 1 rings (SSSR count). The Balaban J connectivity index is 2.79. The Bertz CT molecular complexity index is 430. The summed E-state index contributed by atoms with van der Waals surface area (Å²) < 4.78 is 5.35. The average Bonchev–Trinajstić information content (AvgIpc) is 2.38. The summed E-state index contributed by atoms with van der Waals surface area (Å²) in [6.07, 6.45) is 2.94. The van der Waals surface area contributed by atoms with Crippen molar-refractivity contribution in [1.82, 2.24) is 0 Å². The molecule has 0 aliphatic carbocycles. The van der Waals surface area contributed by atoms with E-state index < -0.39 is 0 Å². The Morgan fingerprint density at radius 1 is 1.56 bits per heavy atom. The van der Waals surface area contributed by atoms with Gasteiger partial charge in [-0.05, 0) is 25.1 Å². The Labute approximate surface area is 106 Å². The first-order valence-electron chi connectivity index (χ1n) is 5.75. The van der Waals surface area contributed by atoms with Crippen molar-refractivity contribution in [3.05, 3.63) is 35.9 Å². The third-order valence-corrected chi connectivity index (χ3v) is 2.20. The topological polar surface area (TPSA) is 84.6 Å². The molecule has 0 radical (unpaired) electrons. The van der Waals surface area contributed by atoms with E-state index in [0.29, 0.717) is 30.2 Å². The Hall–Kier alpha value is -1.85. The van der Waals surface area contributed by atoms with E-state index in [1.54, 1.807) is 24.3 Å². The summed E-state index contributed by atoms with van der Waals surface area (Å²) >= 11 is 0. The van der Waals surface area contributed by atoms with Crippen molar-refractivity contribution in [2.24, 2.45) is 5.73 Å². The van der Waals surface area contributed by atoms with Crippen molar-refractivity contribution in [2.75, 3.05) is 18.5 Å². The van der Waals surface area contributed by atoms with E-state index in [0.717, 1.165) is 0 Å². The van der Waals surface area contributed by atoms with E-state index >= 15 is 0 Å². The minimum atomic E-state index is -0.256. The van der Waals surface area contributed by atoms with Crippen LogP contribution in [0.4, 0.5) is 5.69 Å². The number of hydrogen-bond acceptors (Lipinski definition) is 4. The molecular formula is C13H18N2O3. The summed E-state index contributed by atoms with van der Waals surface area (Å²) in [5, 5.41) is 11.9. The van der Waals surface area contributed by atoms with Crippen molar-refractivity contribution < 1.29 is 14.6 Å². The van der Waals surface area contributed by atoms with Gasteiger partial charge < -0.3 is 20.9 Å². The molecule has 0 fully saturated rings. The molecule has 98 valence electrons. The normalized spacial score (nSPS) is 10.6. The van der Waals surface area contributed by atoms with E-state index in [4.69, 9.17) is 10.5 Å². The number of ether oxygens (including phenoxy) is 1. The molecule has 1 aromatic carbocycles. The molecule has 1 amide bonds. The lowest BCUT2D eigenvalue weighted by molar-refractivity contribution is -0.111. The fourth-order valence-corrected chi connectivity index (χ4v) is 1.44. The number of aliphatic hydroxyl groups is 1. The molecule has 18 heavy (non-hydrogen) atoms. The quantitative estimate of drug-likeness (QED) is 0.658. The average molecular weight is 250 g/mol. The van der Waals surface area contributed by atoms with Gasteiger partial charge in [-0.25, -0.2) is 0 Å². The molecule has 0 heterocycles. The summed E-state index contributed by atoms with van der Waals surface area (Å²) in [6, 6.07) is 5.12. The van der Waals surface area contributed by atoms with Crippen LogP contribution < -0.4 is 15.8 Å². The van der Waals surface area contributed by atoms with E-state index in [1.165, 1.54) is 6.08 Å². The highest BCUT2D eigenvalue weighted by molar-refractivity contribution is 5.99. The zero-order valence-electron chi connectivity index (χ0n) is 10.3. The van der Waals surface area contributed by atoms with Crippen LogP contribution in [0, 0.1) is 0 Å². The van der Waals surface area contributed by atoms with Crippen LogP contribution in [-0.2, 0) is 11.4 Å². The zero-order valence-corrected chi connectivity index (χ0v) is 10.3. The fraction of sp³-hybridized carbons (Fsp3) is 0.308. The van der Waals surface area contributed by atoms with Gasteiger partial charge in [0.1, 0.15) is 5.75 Å². The first-order chi connectivity index (χ1) is 8.71. The minimum Gasteiger partial charge on any atom is -0.494 e. The Morgan fingerprint density at radius 3 is 2.94 bits per heavy atom. The molecule has 0 bridgehead atoms. The molecule has 0 aromatic heterocycles. The Kier molecular flexibility index (Phi) is 5.90. The van der Waals surface area contributed by atoms with Crippen molar-refractivity contribution in [3.63, 3.8) is 0 Å². The second-order valence-electron chi connectivity index (χ2n) is 3.54. The van der Waals surface area contributed by atoms with Crippen molar-refractivity contribution in [3.8, 4) is 5.75 Å².